The Bertz CT molecular complexity index is 639. The molecule has 1 aliphatic heterocycles. The van der Waals surface area contributed by atoms with Crippen molar-refractivity contribution >= 4 is 23.7 Å². The minimum Gasteiger partial charge on any atom is -0.450 e. The van der Waals surface area contributed by atoms with Gasteiger partial charge in [0.25, 0.3) is 5.91 Å². The van der Waals surface area contributed by atoms with Crippen molar-refractivity contribution in [1.82, 2.24) is 4.90 Å². The number of amides is 2. The normalized spacial score (nSPS) is 15.5. The largest absolute Gasteiger partial charge is 0.450 e. The standard InChI is InChI=1S/C19H26N2O5/c1-3-25-19(24)20-16-10-8-9-15(13-16)18(23)26-14(2)17(22)21-11-6-4-5-7-12-21/h8-10,13-14H,3-7,11-12H2,1-2H3,(H,20,24). The van der Waals surface area contributed by atoms with Crippen molar-refractivity contribution in [2.75, 3.05) is 25.0 Å². The Kier molecular flexibility index (Phi) is 7.44. The first-order valence-electron chi connectivity index (χ1n) is 9.05. The molecule has 0 saturated carbocycles. The van der Waals surface area contributed by atoms with Gasteiger partial charge in [-0.15, -0.1) is 0 Å². The molecule has 1 fully saturated rings. The maximum atomic E-state index is 12.5. The fourth-order valence-electron chi connectivity index (χ4n) is 2.84. The van der Waals surface area contributed by atoms with E-state index in [1.165, 1.54) is 6.07 Å². The minimum atomic E-state index is -0.845. The lowest BCUT2D eigenvalue weighted by Gasteiger charge is -2.24. The van der Waals surface area contributed by atoms with Gasteiger partial charge in [-0.2, -0.15) is 0 Å². The van der Waals surface area contributed by atoms with Gasteiger partial charge in [-0.05, 0) is 44.9 Å². The van der Waals surface area contributed by atoms with Crippen LogP contribution in [0.4, 0.5) is 10.5 Å². The van der Waals surface area contributed by atoms with Crippen LogP contribution in [0.3, 0.4) is 0 Å². The summed E-state index contributed by atoms with van der Waals surface area (Å²) >= 11 is 0. The van der Waals surface area contributed by atoms with Crippen molar-refractivity contribution in [3.05, 3.63) is 29.8 Å². The fraction of sp³-hybridized carbons (Fsp3) is 0.526. The summed E-state index contributed by atoms with van der Waals surface area (Å²) in [6, 6.07) is 6.32. The number of ether oxygens (including phenoxy) is 2. The summed E-state index contributed by atoms with van der Waals surface area (Å²) in [6.07, 6.45) is 2.77. The second kappa shape index (κ2) is 9.79. The summed E-state index contributed by atoms with van der Waals surface area (Å²) in [5.74, 6) is -0.769. The molecule has 1 saturated heterocycles. The first-order chi connectivity index (χ1) is 12.5. The fourth-order valence-corrected chi connectivity index (χ4v) is 2.84. The predicted octanol–water partition coefficient (Wildman–Crippen LogP) is 3.20. The van der Waals surface area contributed by atoms with E-state index in [2.05, 4.69) is 5.32 Å². The zero-order valence-corrected chi connectivity index (χ0v) is 15.3. The minimum absolute atomic E-state index is 0.166. The van der Waals surface area contributed by atoms with E-state index >= 15 is 0 Å². The summed E-state index contributed by atoms with van der Waals surface area (Å²) in [4.78, 5) is 38.0. The number of hydrogen-bond acceptors (Lipinski definition) is 5. The summed E-state index contributed by atoms with van der Waals surface area (Å²) < 4.78 is 10.1. The van der Waals surface area contributed by atoms with Gasteiger partial charge >= 0.3 is 12.1 Å². The molecule has 7 nitrogen and oxygen atoms in total. The monoisotopic (exact) mass is 362 g/mol. The van der Waals surface area contributed by atoms with E-state index in [1.54, 1.807) is 36.9 Å². The average Bonchev–Trinajstić information content (AvgIpc) is 2.90. The Morgan fingerprint density at radius 2 is 1.85 bits per heavy atom. The van der Waals surface area contributed by atoms with E-state index in [-0.39, 0.29) is 18.1 Å². The van der Waals surface area contributed by atoms with E-state index in [0.29, 0.717) is 18.8 Å². The third-order valence-electron chi connectivity index (χ3n) is 4.17. The number of anilines is 1. The second-order valence-electron chi connectivity index (χ2n) is 6.21. The SMILES string of the molecule is CCOC(=O)Nc1cccc(C(=O)OC(C)C(=O)N2CCCCCC2)c1. The zero-order chi connectivity index (χ0) is 18.9. The lowest BCUT2D eigenvalue weighted by atomic mass is 10.2. The first-order valence-corrected chi connectivity index (χ1v) is 9.05. The van der Waals surface area contributed by atoms with Crippen LogP contribution in [0, 0.1) is 0 Å². The predicted molar refractivity (Wildman–Crippen MR) is 97.0 cm³/mol. The highest BCUT2D eigenvalue weighted by Crippen LogP contribution is 2.15. The van der Waals surface area contributed by atoms with E-state index in [4.69, 9.17) is 9.47 Å². The number of carbonyl (C=O) groups excluding carboxylic acids is 3. The van der Waals surface area contributed by atoms with Crippen LogP contribution < -0.4 is 5.32 Å². The Morgan fingerprint density at radius 1 is 1.15 bits per heavy atom. The Hall–Kier alpha value is -2.57. The molecule has 1 N–H and O–H groups in total. The van der Waals surface area contributed by atoms with E-state index < -0.39 is 18.2 Å². The molecule has 2 rings (SSSR count). The molecular weight excluding hydrogens is 336 g/mol. The Balaban J connectivity index is 1.95. The third kappa shape index (κ3) is 5.75. The molecule has 0 aliphatic carbocycles. The molecule has 1 aromatic rings. The van der Waals surface area contributed by atoms with Crippen molar-refractivity contribution in [2.45, 2.75) is 45.6 Å². The lowest BCUT2D eigenvalue weighted by molar-refractivity contribution is -0.139. The number of rotatable bonds is 5. The maximum Gasteiger partial charge on any atom is 0.411 e. The summed E-state index contributed by atoms with van der Waals surface area (Å²) in [6.45, 7) is 4.96. The number of benzene rings is 1. The van der Waals surface area contributed by atoms with Crippen LogP contribution in [-0.2, 0) is 14.3 Å². The molecule has 142 valence electrons. The van der Waals surface area contributed by atoms with E-state index in [0.717, 1.165) is 25.7 Å². The van der Waals surface area contributed by atoms with Crippen LogP contribution in [0.15, 0.2) is 24.3 Å². The van der Waals surface area contributed by atoms with Gasteiger partial charge in [0.2, 0.25) is 0 Å². The van der Waals surface area contributed by atoms with Gasteiger partial charge in [0.15, 0.2) is 6.10 Å². The van der Waals surface area contributed by atoms with Crippen molar-refractivity contribution in [1.29, 1.82) is 0 Å². The van der Waals surface area contributed by atoms with Crippen LogP contribution in [0.25, 0.3) is 0 Å². The van der Waals surface area contributed by atoms with Gasteiger partial charge in [-0.25, -0.2) is 9.59 Å². The van der Waals surface area contributed by atoms with Gasteiger partial charge in [-0.3, -0.25) is 10.1 Å². The average molecular weight is 362 g/mol. The van der Waals surface area contributed by atoms with Crippen molar-refractivity contribution in [3.8, 4) is 0 Å². The molecule has 1 atom stereocenters. The maximum absolute atomic E-state index is 12.5. The number of likely N-dealkylation sites (tertiary alicyclic amines) is 1. The van der Waals surface area contributed by atoms with Crippen LogP contribution in [0.5, 0.6) is 0 Å². The molecule has 7 heteroatoms. The third-order valence-corrected chi connectivity index (χ3v) is 4.17. The van der Waals surface area contributed by atoms with Crippen LogP contribution >= 0.6 is 0 Å². The van der Waals surface area contributed by atoms with Gasteiger partial charge in [0.1, 0.15) is 0 Å². The highest BCUT2D eigenvalue weighted by Gasteiger charge is 2.25. The molecule has 1 aliphatic rings. The van der Waals surface area contributed by atoms with Gasteiger partial charge in [-0.1, -0.05) is 18.9 Å². The second-order valence-corrected chi connectivity index (χ2v) is 6.21. The van der Waals surface area contributed by atoms with Crippen LogP contribution in [0.1, 0.15) is 49.9 Å². The summed E-state index contributed by atoms with van der Waals surface area (Å²) in [5.41, 5.74) is 0.680. The number of nitrogens with one attached hydrogen (secondary N) is 1. The summed E-state index contributed by atoms with van der Waals surface area (Å²) in [7, 11) is 0. The molecule has 26 heavy (non-hydrogen) atoms. The van der Waals surface area contributed by atoms with Crippen molar-refractivity contribution in [2.24, 2.45) is 0 Å². The van der Waals surface area contributed by atoms with Gasteiger partial charge in [0, 0.05) is 18.8 Å². The van der Waals surface area contributed by atoms with Gasteiger partial charge in [0.05, 0.1) is 12.2 Å². The number of nitrogens with zero attached hydrogens (tertiary/aromatic N) is 1. The van der Waals surface area contributed by atoms with Crippen LogP contribution in [-0.4, -0.2) is 48.7 Å². The van der Waals surface area contributed by atoms with E-state index in [1.807, 2.05) is 0 Å². The molecule has 0 spiro atoms. The molecule has 0 bridgehead atoms. The molecule has 0 aromatic heterocycles. The molecule has 0 radical (unpaired) electrons. The van der Waals surface area contributed by atoms with Crippen molar-refractivity contribution < 1.29 is 23.9 Å². The molecular formula is C19H26N2O5. The lowest BCUT2D eigenvalue weighted by Crippen LogP contribution is -2.40. The number of hydrogen-bond donors (Lipinski definition) is 1. The molecule has 2 amide bonds. The first kappa shape index (κ1) is 19.8. The Labute approximate surface area is 153 Å². The van der Waals surface area contributed by atoms with Crippen molar-refractivity contribution in [3.63, 3.8) is 0 Å². The smallest absolute Gasteiger partial charge is 0.411 e. The highest BCUT2D eigenvalue weighted by molar-refractivity contribution is 5.94. The number of esters is 1. The molecule has 1 aromatic carbocycles. The summed E-state index contributed by atoms with van der Waals surface area (Å²) in [5, 5.41) is 2.53. The quantitative estimate of drug-likeness (QED) is 0.813. The number of carbonyl (C=O) groups is 3. The highest BCUT2D eigenvalue weighted by atomic mass is 16.6. The zero-order valence-electron chi connectivity index (χ0n) is 15.3. The topological polar surface area (TPSA) is 84.9 Å². The Morgan fingerprint density at radius 3 is 2.50 bits per heavy atom. The van der Waals surface area contributed by atoms with Gasteiger partial charge < -0.3 is 14.4 Å². The molecule has 1 heterocycles. The van der Waals surface area contributed by atoms with E-state index in [9.17, 15) is 14.4 Å². The van der Waals surface area contributed by atoms with Crippen LogP contribution in [0.2, 0.25) is 0 Å². The molecule has 1 unspecified atom stereocenters.